The Kier molecular flexibility index (Phi) is 3.40. The van der Waals surface area contributed by atoms with E-state index < -0.39 is 0 Å². The van der Waals surface area contributed by atoms with Crippen LogP contribution in [0.15, 0.2) is 26.6 Å². The third-order valence-electron chi connectivity index (χ3n) is 1.89. The summed E-state index contributed by atoms with van der Waals surface area (Å²) in [6, 6.07) is 3.30. The zero-order chi connectivity index (χ0) is 11.5. The SMILES string of the molecule is Cc1nc(CNC(=O)c2ccc(Br)o2)cs1. The third-order valence-corrected chi connectivity index (χ3v) is 3.14. The van der Waals surface area contributed by atoms with Crippen molar-refractivity contribution >= 4 is 33.2 Å². The van der Waals surface area contributed by atoms with Crippen molar-refractivity contribution in [3.05, 3.63) is 38.6 Å². The number of nitrogens with one attached hydrogen (secondary N) is 1. The zero-order valence-electron chi connectivity index (χ0n) is 8.49. The van der Waals surface area contributed by atoms with E-state index in [1.54, 1.807) is 23.5 Å². The Morgan fingerprint density at radius 2 is 2.44 bits per heavy atom. The molecule has 0 saturated carbocycles. The van der Waals surface area contributed by atoms with E-state index in [-0.39, 0.29) is 5.91 Å². The topological polar surface area (TPSA) is 55.1 Å². The summed E-state index contributed by atoms with van der Waals surface area (Å²) in [5.41, 5.74) is 0.862. The summed E-state index contributed by atoms with van der Waals surface area (Å²) in [5.74, 6) is 0.0511. The number of carbonyl (C=O) groups is 1. The minimum atomic E-state index is -0.239. The van der Waals surface area contributed by atoms with Gasteiger partial charge in [0.1, 0.15) is 0 Å². The van der Waals surface area contributed by atoms with Gasteiger partial charge < -0.3 is 9.73 Å². The van der Waals surface area contributed by atoms with Crippen LogP contribution in [0, 0.1) is 6.92 Å². The molecule has 16 heavy (non-hydrogen) atoms. The number of hydrogen-bond donors (Lipinski definition) is 1. The van der Waals surface area contributed by atoms with Crippen molar-refractivity contribution < 1.29 is 9.21 Å². The molecule has 2 aromatic heterocycles. The van der Waals surface area contributed by atoms with Crippen LogP contribution in [0.3, 0.4) is 0 Å². The molecular formula is C10H9BrN2O2S. The number of halogens is 1. The van der Waals surface area contributed by atoms with Gasteiger partial charge in [-0.05, 0) is 35.0 Å². The van der Waals surface area contributed by atoms with E-state index in [4.69, 9.17) is 4.42 Å². The first-order chi connectivity index (χ1) is 7.65. The molecule has 4 nitrogen and oxygen atoms in total. The predicted octanol–water partition coefficient (Wildman–Crippen LogP) is 2.74. The lowest BCUT2D eigenvalue weighted by atomic mass is 10.4. The van der Waals surface area contributed by atoms with Gasteiger partial charge in [0.05, 0.1) is 17.2 Å². The second-order valence-electron chi connectivity index (χ2n) is 3.14. The van der Waals surface area contributed by atoms with Gasteiger partial charge in [0.2, 0.25) is 0 Å². The minimum absolute atomic E-state index is 0.239. The Morgan fingerprint density at radius 3 is 3.00 bits per heavy atom. The number of amides is 1. The summed E-state index contributed by atoms with van der Waals surface area (Å²) in [6.45, 7) is 2.35. The van der Waals surface area contributed by atoms with Crippen LogP contribution in [0.2, 0.25) is 0 Å². The molecule has 0 aromatic carbocycles. The molecule has 0 unspecified atom stereocenters. The summed E-state index contributed by atoms with van der Waals surface area (Å²) in [4.78, 5) is 15.8. The number of furan rings is 1. The smallest absolute Gasteiger partial charge is 0.287 e. The van der Waals surface area contributed by atoms with Gasteiger partial charge in [-0.2, -0.15) is 0 Å². The summed E-state index contributed by atoms with van der Waals surface area (Å²) < 4.78 is 5.67. The first-order valence-corrected chi connectivity index (χ1v) is 6.27. The molecule has 0 fully saturated rings. The molecule has 0 bridgehead atoms. The Hall–Kier alpha value is -1.14. The number of aromatic nitrogens is 1. The molecule has 1 N–H and O–H groups in total. The van der Waals surface area contributed by atoms with Crippen LogP contribution in [-0.2, 0) is 6.54 Å². The fourth-order valence-corrected chi connectivity index (χ4v) is 2.10. The molecule has 6 heteroatoms. The van der Waals surface area contributed by atoms with Crippen LogP contribution in [0.1, 0.15) is 21.3 Å². The Morgan fingerprint density at radius 1 is 1.62 bits per heavy atom. The lowest BCUT2D eigenvalue weighted by Gasteiger charge is -1.99. The second-order valence-corrected chi connectivity index (χ2v) is 4.99. The molecule has 84 valence electrons. The molecule has 0 saturated heterocycles. The molecular weight excluding hydrogens is 292 g/mol. The molecule has 0 spiro atoms. The van der Waals surface area contributed by atoms with E-state index in [0.717, 1.165) is 10.7 Å². The lowest BCUT2D eigenvalue weighted by Crippen LogP contribution is -2.22. The van der Waals surface area contributed by atoms with Crippen LogP contribution in [-0.4, -0.2) is 10.9 Å². The number of aryl methyl sites for hydroxylation is 1. The molecule has 0 aliphatic carbocycles. The Labute approximate surface area is 105 Å². The van der Waals surface area contributed by atoms with Crippen molar-refractivity contribution in [3.8, 4) is 0 Å². The number of thiazole rings is 1. The van der Waals surface area contributed by atoms with Crippen molar-refractivity contribution in [1.82, 2.24) is 10.3 Å². The van der Waals surface area contributed by atoms with Gasteiger partial charge in [0.25, 0.3) is 5.91 Å². The number of hydrogen-bond acceptors (Lipinski definition) is 4. The Bertz CT molecular complexity index is 506. The molecule has 0 aliphatic heterocycles. The van der Waals surface area contributed by atoms with Gasteiger partial charge >= 0.3 is 0 Å². The highest BCUT2D eigenvalue weighted by atomic mass is 79.9. The minimum Gasteiger partial charge on any atom is -0.444 e. The standard InChI is InChI=1S/C10H9BrN2O2S/c1-6-13-7(5-16-6)4-12-10(14)8-2-3-9(11)15-8/h2-3,5H,4H2,1H3,(H,12,14). The number of rotatable bonds is 3. The van der Waals surface area contributed by atoms with Gasteiger partial charge in [0, 0.05) is 5.38 Å². The average Bonchev–Trinajstić information content (AvgIpc) is 2.84. The monoisotopic (exact) mass is 300 g/mol. The zero-order valence-corrected chi connectivity index (χ0v) is 10.9. The van der Waals surface area contributed by atoms with Gasteiger partial charge in [0.15, 0.2) is 10.4 Å². The van der Waals surface area contributed by atoms with Crippen LogP contribution < -0.4 is 5.32 Å². The maximum Gasteiger partial charge on any atom is 0.287 e. The average molecular weight is 301 g/mol. The van der Waals surface area contributed by atoms with E-state index in [2.05, 4.69) is 26.2 Å². The molecule has 2 aromatic rings. The van der Waals surface area contributed by atoms with Crippen LogP contribution in [0.5, 0.6) is 0 Å². The summed E-state index contributed by atoms with van der Waals surface area (Å²) in [7, 11) is 0. The van der Waals surface area contributed by atoms with Crippen LogP contribution in [0.25, 0.3) is 0 Å². The van der Waals surface area contributed by atoms with E-state index in [1.807, 2.05) is 12.3 Å². The molecule has 1 amide bonds. The van der Waals surface area contributed by atoms with Crippen molar-refractivity contribution in [2.45, 2.75) is 13.5 Å². The fourth-order valence-electron chi connectivity index (χ4n) is 1.18. The normalized spacial score (nSPS) is 10.4. The largest absolute Gasteiger partial charge is 0.444 e. The maximum absolute atomic E-state index is 11.6. The summed E-state index contributed by atoms with van der Waals surface area (Å²) in [6.07, 6.45) is 0. The highest BCUT2D eigenvalue weighted by molar-refractivity contribution is 9.10. The van der Waals surface area contributed by atoms with E-state index in [9.17, 15) is 4.79 Å². The van der Waals surface area contributed by atoms with Gasteiger partial charge in [-0.15, -0.1) is 11.3 Å². The van der Waals surface area contributed by atoms with Crippen LogP contribution in [0.4, 0.5) is 0 Å². The van der Waals surface area contributed by atoms with Crippen molar-refractivity contribution in [3.63, 3.8) is 0 Å². The van der Waals surface area contributed by atoms with E-state index in [1.165, 1.54) is 0 Å². The van der Waals surface area contributed by atoms with Crippen molar-refractivity contribution in [2.24, 2.45) is 0 Å². The molecule has 0 aliphatic rings. The second kappa shape index (κ2) is 4.80. The van der Waals surface area contributed by atoms with Crippen molar-refractivity contribution in [1.29, 1.82) is 0 Å². The molecule has 0 radical (unpaired) electrons. The molecule has 2 heterocycles. The summed E-state index contributed by atoms with van der Waals surface area (Å²) >= 11 is 4.71. The van der Waals surface area contributed by atoms with Gasteiger partial charge in [-0.3, -0.25) is 4.79 Å². The third kappa shape index (κ3) is 2.70. The molecule has 0 atom stereocenters. The molecule has 2 rings (SSSR count). The Balaban J connectivity index is 1.93. The number of nitrogens with zero attached hydrogens (tertiary/aromatic N) is 1. The first-order valence-electron chi connectivity index (χ1n) is 4.59. The number of carbonyl (C=O) groups excluding carboxylic acids is 1. The van der Waals surface area contributed by atoms with Gasteiger partial charge in [-0.1, -0.05) is 0 Å². The van der Waals surface area contributed by atoms with Crippen LogP contribution >= 0.6 is 27.3 Å². The predicted molar refractivity (Wildman–Crippen MR) is 64.4 cm³/mol. The highest BCUT2D eigenvalue weighted by Gasteiger charge is 2.10. The van der Waals surface area contributed by atoms with E-state index >= 15 is 0 Å². The first kappa shape index (κ1) is 11.3. The van der Waals surface area contributed by atoms with Crippen molar-refractivity contribution in [2.75, 3.05) is 0 Å². The maximum atomic E-state index is 11.6. The lowest BCUT2D eigenvalue weighted by molar-refractivity contribution is 0.0921. The van der Waals surface area contributed by atoms with E-state index in [0.29, 0.717) is 17.0 Å². The fraction of sp³-hybridized carbons (Fsp3) is 0.200. The quantitative estimate of drug-likeness (QED) is 0.948. The highest BCUT2D eigenvalue weighted by Crippen LogP contribution is 2.14. The summed E-state index contributed by atoms with van der Waals surface area (Å²) in [5, 5.41) is 5.65. The van der Waals surface area contributed by atoms with Gasteiger partial charge in [-0.25, -0.2) is 4.98 Å².